The summed E-state index contributed by atoms with van der Waals surface area (Å²) in [6.45, 7) is 0.610. The molecule has 0 saturated heterocycles. The zero-order chi connectivity index (χ0) is 16.2. The summed E-state index contributed by atoms with van der Waals surface area (Å²) in [5.74, 6) is -0.358. The molecule has 2 heterocycles. The largest absolute Gasteiger partial charge is 0.316 e. The van der Waals surface area contributed by atoms with Crippen LogP contribution < -0.4 is 5.32 Å². The number of benzene rings is 1. The van der Waals surface area contributed by atoms with Crippen LogP contribution in [0.1, 0.15) is 5.56 Å². The number of nitrogens with one attached hydrogen (secondary N) is 1. The Kier molecular flexibility index (Phi) is 4.64. The third-order valence-electron chi connectivity index (χ3n) is 3.37. The molecule has 1 unspecified atom stereocenters. The molecule has 0 amide bonds. The smallest absolute Gasteiger partial charge is 0.147 e. The highest BCUT2D eigenvalue weighted by Crippen LogP contribution is 2.24. The molecule has 0 saturated carbocycles. The number of halogens is 1. The van der Waals surface area contributed by atoms with Crippen LogP contribution in [-0.4, -0.2) is 20.8 Å². The van der Waals surface area contributed by atoms with Crippen LogP contribution in [0.5, 0.6) is 0 Å². The van der Waals surface area contributed by atoms with Gasteiger partial charge in [-0.3, -0.25) is 4.98 Å². The summed E-state index contributed by atoms with van der Waals surface area (Å²) in [4.78, 5) is 4.59. The van der Waals surface area contributed by atoms with E-state index in [1.165, 1.54) is 6.07 Å². The summed E-state index contributed by atoms with van der Waals surface area (Å²) in [6, 6.07) is 11.8. The van der Waals surface area contributed by atoms with Crippen LogP contribution in [-0.2, 0) is 17.3 Å². The van der Waals surface area contributed by atoms with E-state index in [9.17, 15) is 8.60 Å². The third-order valence-corrected chi connectivity index (χ3v) is 4.74. The average Bonchev–Trinajstić information content (AvgIpc) is 2.99. The number of nitrogens with zero attached hydrogens (tertiary/aromatic N) is 2. The molecule has 1 aromatic carbocycles. The number of para-hydroxylation sites is 1. The highest BCUT2D eigenvalue weighted by molar-refractivity contribution is 7.85. The molecule has 0 aliphatic heterocycles. The second-order valence-corrected chi connectivity index (χ2v) is 6.42. The van der Waals surface area contributed by atoms with E-state index in [4.69, 9.17) is 0 Å². The first-order valence-electron chi connectivity index (χ1n) is 7.13. The topological polar surface area (TPSA) is 46.9 Å². The first-order valence-corrected chi connectivity index (χ1v) is 8.28. The minimum Gasteiger partial charge on any atom is -0.316 e. The zero-order valence-electron chi connectivity index (χ0n) is 12.6. The number of hydrogen-bond donors (Lipinski definition) is 1. The zero-order valence-corrected chi connectivity index (χ0v) is 13.4. The van der Waals surface area contributed by atoms with Gasteiger partial charge < -0.3 is 9.88 Å². The fraction of sp³-hybridized carbons (Fsp3) is 0.118. The summed E-state index contributed by atoms with van der Waals surface area (Å²) in [5, 5.41) is 3.57. The van der Waals surface area contributed by atoms with Crippen molar-refractivity contribution in [3.05, 3.63) is 72.4 Å². The van der Waals surface area contributed by atoms with Crippen LogP contribution in [0, 0.1) is 5.82 Å². The number of pyridine rings is 1. The molecule has 1 N–H and O–H groups in total. The number of hydrogen-bond acceptors (Lipinski definition) is 3. The molecule has 2 aromatic heterocycles. The monoisotopic (exact) mass is 329 g/mol. The van der Waals surface area contributed by atoms with Gasteiger partial charge in [-0.05, 0) is 42.9 Å². The fourth-order valence-corrected chi connectivity index (χ4v) is 3.54. The molecule has 3 rings (SSSR count). The first kappa shape index (κ1) is 15.6. The molecule has 0 aliphatic carbocycles. The Morgan fingerprint density at radius 2 is 2.09 bits per heavy atom. The van der Waals surface area contributed by atoms with Gasteiger partial charge >= 0.3 is 0 Å². The van der Waals surface area contributed by atoms with E-state index >= 15 is 0 Å². The predicted molar refractivity (Wildman–Crippen MR) is 87.4 cm³/mol. The Hall–Kier alpha value is -2.31. The van der Waals surface area contributed by atoms with Crippen molar-refractivity contribution in [2.24, 2.45) is 0 Å². The Morgan fingerprint density at radius 3 is 2.78 bits per heavy atom. The summed E-state index contributed by atoms with van der Waals surface area (Å²) >= 11 is 0. The molecular weight excluding hydrogens is 313 g/mol. The van der Waals surface area contributed by atoms with Crippen molar-refractivity contribution in [1.29, 1.82) is 0 Å². The second kappa shape index (κ2) is 6.85. The lowest BCUT2D eigenvalue weighted by molar-refractivity contribution is 0.613. The van der Waals surface area contributed by atoms with Crippen LogP contribution in [0.15, 0.2) is 71.0 Å². The summed E-state index contributed by atoms with van der Waals surface area (Å²) in [7, 11) is 0.388. The van der Waals surface area contributed by atoms with Crippen molar-refractivity contribution < 1.29 is 8.60 Å². The van der Waals surface area contributed by atoms with E-state index in [-0.39, 0.29) is 5.82 Å². The van der Waals surface area contributed by atoms with E-state index in [2.05, 4.69) is 10.3 Å². The van der Waals surface area contributed by atoms with Crippen molar-refractivity contribution in [2.75, 3.05) is 7.05 Å². The van der Waals surface area contributed by atoms with E-state index in [1.54, 1.807) is 53.5 Å². The normalized spacial score (nSPS) is 12.3. The van der Waals surface area contributed by atoms with Crippen LogP contribution in [0.3, 0.4) is 0 Å². The highest BCUT2D eigenvalue weighted by Gasteiger charge is 2.17. The lowest BCUT2D eigenvalue weighted by Gasteiger charge is -2.09. The number of aromatic nitrogens is 2. The molecule has 0 fully saturated rings. The maximum absolute atomic E-state index is 14.2. The summed E-state index contributed by atoms with van der Waals surface area (Å²) < 4.78 is 28.7. The summed E-state index contributed by atoms with van der Waals surface area (Å²) in [6.07, 6.45) is 4.99. The van der Waals surface area contributed by atoms with Crippen LogP contribution in [0.2, 0.25) is 0 Å². The Bertz CT molecular complexity index is 833. The molecule has 0 bridgehead atoms. The van der Waals surface area contributed by atoms with Crippen LogP contribution in [0.25, 0.3) is 5.69 Å². The van der Waals surface area contributed by atoms with Gasteiger partial charge in [0, 0.05) is 25.1 Å². The lowest BCUT2D eigenvalue weighted by Crippen LogP contribution is -2.04. The van der Waals surface area contributed by atoms with E-state index < -0.39 is 10.8 Å². The second-order valence-electron chi connectivity index (χ2n) is 5.00. The van der Waals surface area contributed by atoms with Gasteiger partial charge in [0.15, 0.2) is 0 Å². The molecule has 0 radical (unpaired) electrons. The van der Waals surface area contributed by atoms with Gasteiger partial charge in [-0.25, -0.2) is 8.60 Å². The van der Waals surface area contributed by atoms with Gasteiger partial charge in [0.05, 0.1) is 10.6 Å². The van der Waals surface area contributed by atoms with Gasteiger partial charge in [-0.2, -0.15) is 0 Å². The maximum atomic E-state index is 14.2. The SMILES string of the molecule is CNCc1cc(S(=O)c2cccnc2)n(-c2ccccc2F)c1. The van der Waals surface area contributed by atoms with Gasteiger partial charge in [0.1, 0.15) is 21.6 Å². The van der Waals surface area contributed by atoms with Crippen LogP contribution in [0.4, 0.5) is 4.39 Å². The highest BCUT2D eigenvalue weighted by atomic mass is 32.2. The van der Waals surface area contributed by atoms with Crippen molar-refractivity contribution in [3.8, 4) is 5.69 Å². The standard InChI is InChI=1S/C17H16FN3OS/c1-19-10-13-9-17(23(22)14-5-4-8-20-11-14)21(12-13)16-7-3-2-6-15(16)18/h2-9,11-12,19H,10H2,1H3. The summed E-state index contributed by atoms with van der Waals surface area (Å²) in [5.41, 5.74) is 1.31. The molecule has 0 spiro atoms. The Morgan fingerprint density at radius 1 is 1.26 bits per heavy atom. The minimum atomic E-state index is -1.44. The van der Waals surface area contributed by atoms with E-state index in [0.717, 1.165) is 5.56 Å². The van der Waals surface area contributed by atoms with Gasteiger partial charge in [-0.15, -0.1) is 0 Å². The lowest BCUT2D eigenvalue weighted by atomic mass is 10.3. The molecule has 0 aliphatic rings. The Balaban J connectivity index is 2.12. The predicted octanol–water partition coefficient (Wildman–Crippen LogP) is 2.90. The molecule has 3 aromatic rings. The van der Waals surface area contributed by atoms with Crippen molar-refractivity contribution in [1.82, 2.24) is 14.9 Å². The van der Waals surface area contributed by atoms with Gasteiger partial charge in [0.2, 0.25) is 0 Å². The third kappa shape index (κ3) is 3.23. The molecule has 118 valence electrons. The van der Waals surface area contributed by atoms with Crippen molar-refractivity contribution >= 4 is 10.8 Å². The molecule has 4 nitrogen and oxygen atoms in total. The fourth-order valence-electron chi connectivity index (χ4n) is 2.35. The molecule has 23 heavy (non-hydrogen) atoms. The first-order chi connectivity index (χ1) is 11.2. The van der Waals surface area contributed by atoms with Gasteiger partial charge in [-0.1, -0.05) is 12.1 Å². The van der Waals surface area contributed by atoms with Crippen molar-refractivity contribution in [2.45, 2.75) is 16.5 Å². The van der Waals surface area contributed by atoms with Gasteiger partial charge in [0.25, 0.3) is 0 Å². The maximum Gasteiger partial charge on any atom is 0.147 e. The molecule has 1 atom stereocenters. The van der Waals surface area contributed by atoms with E-state index in [1.807, 2.05) is 13.1 Å². The van der Waals surface area contributed by atoms with Crippen LogP contribution >= 0.6 is 0 Å². The molecule has 6 heteroatoms. The Labute approximate surface area is 136 Å². The average molecular weight is 329 g/mol. The minimum absolute atomic E-state index is 0.358. The molecular formula is C17H16FN3OS. The van der Waals surface area contributed by atoms with E-state index in [0.29, 0.717) is 22.2 Å². The quantitative estimate of drug-likeness (QED) is 0.783. The van der Waals surface area contributed by atoms with Crippen molar-refractivity contribution in [3.63, 3.8) is 0 Å². The number of rotatable bonds is 5.